The summed E-state index contributed by atoms with van der Waals surface area (Å²) in [5, 5.41) is 3.94. The molecule has 10 rings (SSSR count). The van der Waals surface area contributed by atoms with E-state index in [1.54, 1.807) is 0 Å². The van der Waals surface area contributed by atoms with Crippen molar-refractivity contribution in [1.29, 1.82) is 0 Å². The molecule has 0 aliphatic carbocycles. The minimum absolute atomic E-state index is 0.541. The van der Waals surface area contributed by atoms with Crippen LogP contribution < -0.4 is 0 Å². The van der Waals surface area contributed by atoms with E-state index in [2.05, 4.69) is 48.5 Å². The highest BCUT2D eigenvalue weighted by Crippen LogP contribution is 2.45. The van der Waals surface area contributed by atoms with Gasteiger partial charge >= 0.3 is 0 Å². The number of hydrogen-bond donors (Lipinski definition) is 0. The van der Waals surface area contributed by atoms with Crippen LogP contribution in [0.5, 0.6) is 0 Å². The van der Waals surface area contributed by atoms with Crippen molar-refractivity contribution in [2.45, 2.75) is 0 Å². The second-order valence-electron chi connectivity index (χ2n) is 11.9. The zero-order valence-electron chi connectivity index (χ0n) is 25.5. The first-order chi connectivity index (χ1) is 23.8. The molecule has 0 saturated heterocycles. The predicted molar refractivity (Wildman–Crippen MR) is 191 cm³/mol. The Labute approximate surface area is 274 Å². The molecule has 0 fully saturated rings. The van der Waals surface area contributed by atoms with Crippen LogP contribution in [0.1, 0.15) is 0 Å². The summed E-state index contributed by atoms with van der Waals surface area (Å²) in [6.07, 6.45) is 0. The van der Waals surface area contributed by atoms with E-state index in [1.807, 2.05) is 97.1 Å². The second-order valence-corrected chi connectivity index (χ2v) is 11.9. The molecule has 0 bridgehead atoms. The van der Waals surface area contributed by atoms with Crippen LogP contribution in [-0.2, 0) is 0 Å². The van der Waals surface area contributed by atoms with Crippen LogP contribution in [0.25, 0.3) is 101 Å². The molecule has 224 valence electrons. The molecule has 3 aromatic heterocycles. The fourth-order valence-corrected chi connectivity index (χ4v) is 6.63. The normalized spacial score (nSPS) is 11.8. The summed E-state index contributed by atoms with van der Waals surface area (Å²) in [5.41, 5.74) is 8.85. The molecule has 0 amide bonds. The maximum Gasteiger partial charge on any atom is 0.227 e. The van der Waals surface area contributed by atoms with Gasteiger partial charge in [-0.3, -0.25) is 0 Å². The summed E-state index contributed by atoms with van der Waals surface area (Å²) in [6, 6.07) is 48.9. The Morgan fingerprint density at radius 2 is 0.896 bits per heavy atom. The molecule has 0 aliphatic heterocycles. The molecule has 0 unspecified atom stereocenters. The zero-order chi connectivity index (χ0) is 31.6. The molecule has 0 atom stereocenters. The topological polar surface area (TPSA) is 77.8 Å². The summed E-state index contributed by atoms with van der Waals surface area (Å²) in [5.74, 6) is 2.30. The van der Waals surface area contributed by atoms with Crippen LogP contribution in [-0.4, -0.2) is 19.9 Å². The van der Waals surface area contributed by atoms with Gasteiger partial charge in [0.2, 0.25) is 5.89 Å². The number of rotatable bonds is 5. The molecule has 6 nitrogen and oxygen atoms in total. The molecule has 3 heterocycles. The molecule has 0 spiro atoms. The Hall–Kier alpha value is -6.66. The number of benzene rings is 7. The number of fused-ring (bicyclic) bond motifs is 3. The average Bonchev–Trinajstić information content (AvgIpc) is 3.79. The van der Waals surface area contributed by atoms with Crippen LogP contribution >= 0.6 is 0 Å². The van der Waals surface area contributed by atoms with Crippen molar-refractivity contribution in [3.05, 3.63) is 146 Å². The van der Waals surface area contributed by atoms with Gasteiger partial charge in [-0.05, 0) is 41.5 Å². The molecule has 48 heavy (non-hydrogen) atoms. The molecule has 10 aromatic rings. The Morgan fingerprint density at radius 3 is 1.58 bits per heavy atom. The van der Waals surface area contributed by atoms with Gasteiger partial charge in [0.25, 0.3) is 0 Å². The summed E-state index contributed by atoms with van der Waals surface area (Å²) < 4.78 is 13.0. The number of nitrogens with zero attached hydrogens (tertiary/aromatic N) is 4. The van der Waals surface area contributed by atoms with E-state index < -0.39 is 0 Å². The fourth-order valence-electron chi connectivity index (χ4n) is 6.63. The van der Waals surface area contributed by atoms with Crippen LogP contribution in [0.2, 0.25) is 0 Å². The lowest BCUT2D eigenvalue weighted by molar-refractivity contribution is 0.623. The molecule has 0 saturated carbocycles. The minimum Gasteiger partial charge on any atom is -0.456 e. The summed E-state index contributed by atoms with van der Waals surface area (Å²) in [4.78, 5) is 20.0. The predicted octanol–water partition coefficient (Wildman–Crippen LogP) is 10.8. The zero-order valence-corrected chi connectivity index (χ0v) is 25.5. The number of aromatic nitrogens is 4. The van der Waals surface area contributed by atoms with E-state index >= 15 is 0 Å². The third-order valence-electron chi connectivity index (χ3n) is 8.92. The van der Waals surface area contributed by atoms with Crippen molar-refractivity contribution in [3.63, 3.8) is 0 Å². The van der Waals surface area contributed by atoms with Gasteiger partial charge in [-0.1, -0.05) is 115 Å². The second kappa shape index (κ2) is 10.4. The van der Waals surface area contributed by atoms with Gasteiger partial charge in [-0.2, -0.15) is 0 Å². The minimum atomic E-state index is 0.541. The SMILES string of the molecule is c1ccc(-c2ccc(-c3nc(-c4ccccc4)nc(-c4cc5oc6cccc7c8nc(-c9ccccc9)oc8c(c4)c5c67)n3)cc2)cc1. The molecule has 6 heteroatoms. The molecular formula is C42H24N4O2. The van der Waals surface area contributed by atoms with Crippen LogP contribution in [0.3, 0.4) is 0 Å². The largest absolute Gasteiger partial charge is 0.456 e. The van der Waals surface area contributed by atoms with E-state index in [9.17, 15) is 0 Å². The van der Waals surface area contributed by atoms with Gasteiger partial charge in [0.1, 0.15) is 16.7 Å². The lowest BCUT2D eigenvalue weighted by Crippen LogP contribution is -2.00. The third kappa shape index (κ3) is 4.20. The van der Waals surface area contributed by atoms with E-state index in [-0.39, 0.29) is 0 Å². The van der Waals surface area contributed by atoms with Gasteiger partial charge in [0, 0.05) is 43.8 Å². The summed E-state index contributed by atoms with van der Waals surface area (Å²) in [7, 11) is 0. The Morgan fingerprint density at radius 1 is 0.354 bits per heavy atom. The standard InChI is InChI=1S/C42H24N4O2/c1-4-11-25(12-5-1)26-19-21-28(22-20-26)40-44-39(27-13-6-2-7-14-27)45-41(46-40)30-23-32-36-34(24-30)47-33-18-10-17-31(35(33)36)37-38(32)48-42(43-37)29-15-8-3-9-16-29/h1-24H. The average molecular weight is 617 g/mol. The Bertz CT molecular complexity index is 2750. The molecule has 0 N–H and O–H groups in total. The van der Waals surface area contributed by atoms with Crippen LogP contribution in [0, 0.1) is 0 Å². The molecule has 0 aliphatic rings. The van der Waals surface area contributed by atoms with Gasteiger partial charge in [0.05, 0.1) is 0 Å². The number of furan rings is 1. The van der Waals surface area contributed by atoms with Crippen molar-refractivity contribution in [1.82, 2.24) is 19.9 Å². The van der Waals surface area contributed by atoms with Crippen molar-refractivity contribution in [3.8, 4) is 56.7 Å². The smallest absolute Gasteiger partial charge is 0.227 e. The Kier molecular flexibility index (Phi) is 5.77. The van der Waals surface area contributed by atoms with Gasteiger partial charge < -0.3 is 8.83 Å². The van der Waals surface area contributed by atoms with E-state index in [0.717, 1.165) is 71.6 Å². The summed E-state index contributed by atoms with van der Waals surface area (Å²) >= 11 is 0. The first-order valence-electron chi connectivity index (χ1n) is 15.8. The van der Waals surface area contributed by atoms with E-state index in [4.69, 9.17) is 28.8 Å². The first-order valence-corrected chi connectivity index (χ1v) is 15.8. The number of hydrogen-bond acceptors (Lipinski definition) is 6. The van der Waals surface area contributed by atoms with E-state index in [1.165, 1.54) is 0 Å². The van der Waals surface area contributed by atoms with Gasteiger partial charge in [0.15, 0.2) is 23.1 Å². The van der Waals surface area contributed by atoms with Crippen LogP contribution in [0.15, 0.2) is 154 Å². The maximum atomic E-state index is 6.56. The maximum absolute atomic E-state index is 6.56. The highest BCUT2D eigenvalue weighted by atomic mass is 16.3. The third-order valence-corrected chi connectivity index (χ3v) is 8.92. The molecule has 0 radical (unpaired) electrons. The van der Waals surface area contributed by atoms with Crippen LogP contribution in [0.4, 0.5) is 0 Å². The van der Waals surface area contributed by atoms with Gasteiger partial charge in [-0.25, -0.2) is 19.9 Å². The molecular weight excluding hydrogens is 592 g/mol. The number of oxazole rings is 1. The monoisotopic (exact) mass is 616 g/mol. The van der Waals surface area contributed by atoms with Crippen molar-refractivity contribution >= 4 is 43.8 Å². The lowest BCUT2D eigenvalue weighted by atomic mass is 9.98. The highest BCUT2D eigenvalue weighted by Gasteiger charge is 2.23. The first kappa shape index (κ1) is 26.5. The lowest BCUT2D eigenvalue weighted by Gasteiger charge is -2.10. The van der Waals surface area contributed by atoms with Gasteiger partial charge in [-0.15, -0.1) is 0 Å². The van der Waals surface area contributed by atoms with Crippen molar-refractivity contribution in [2.24, 2.45) is 0 Å². The van der Waals surface area contributed by atoms with Crippen molar-refractivity contribution in [2.75, 3.05) is 0 Å². The Balaban J connectivity index is 1.20. The van der Waals surface area contributed by atoms with Crippen molar-refractivity contribution < 1.29 is 8.83 Å². The fraction of sp³-hybridized carbons (Fsp3) is 0. The van der Waals surface area contributed by atoms with E-state index in [0.29, 0.717) is 28.9 Å². The molecule has 7 aromatic carbocycles. The quantitative estimate of drug-likeness (QED) is 0.179. The highest BCUT2D eigenvalue weighted by molar-refractivity contribution is 6.31. The summed E-state index contributed by atoms with van der Waals surface area (Å²) in [6.45, 7) is 0.